The number of rotatable bonds is 7. The Bertz CT molecular complexity index is 1320. The van der Waals surface area contributed by atoms with Gasteiger partial charge in [-0.2, -0.15) is 5.10 Å². The molecule has 2 aromatic carbocycles. The van der Waals surface area contributed by atoms with Gasteiger partial charge in [-0.05, 0) is 41.5 Å². The van der Waals surface area contributed by atoms with E-state index < -0.39 is 15.3 Å². The Morgan fingerprint density at radius 2 is 1.88 bits per heavy atom. The van der Waals surface area contributed by atoms with E-state index in [4.69, 9.17) is 11.6 Å². The average molecular weight is 498 g/mol. The van der Waals surface area contributed by atoms with Gasteiger partial charge in [-0.15, -0.1) is 0 Å². The summed E-state index contributed by atoms with van der Waals surface area (Å²) in [6.07, 6.45) is 8.37. The molecule has 1 amide bonds. The first-order valence-corrected chi connectivity index (χ1v) is 13.9. The molecule has 2 saturated carbocycles. The van der Waals surface area contributed by atoms with Gasteiger partial charge in [-0.25, -0.2) is 8.42 Å². The lowest BCUT2D eigenvalue weighted by molar-refractivity contribution is -0.119. The standard InChI is InChI=1S/C26H28ClN3O3S/c1-34(32,33)23-12-11-20(15-22(23)27)26(16-21(26)19-9-5-6-10-19)25(31)28-24-13-14-30(29-24)17-18-7-3-2-4-8-18/h2-4,7-8,11-15,19,21H,5-6,9-10,16-17H2,1H3,(H,28,29,31). The molecule has 178 valence electrons. The summed E-state index contributed by atoms with van der Waals surface area (Å²) < 4.78 is 25.9. The van der Waals surface area contributed by atoms with E-state index in [-0.39, 0.29) is 21.7 Å². The summed E-state index contributed by atoms with van der Waals surface area (Å²) in [6, 6.07) is 16.8. The number of aromatic nitrogens is 2. The summed E-state index contributed by atoms with van der Waals surface area (Å²) in [5, 5.41) is 7.74. The number of sulfone groups is 1. The SMILES string of the molecule is CS(=O)(=O)c1ccc(C2(C(=O)Nc3ccn(Cc4ccccc4)n3)CC2C2CCCC2)cc1Cl. The number of amides is 1. The van der Waals surface area contributed by atoms with Crippen LogP contribution in [0.15, 0.2) is 65.7 Å². The van der Waals surface area contributed by atoms with E-state index in [1.807, 2.05) is 36.5 Å². The van der Waals surface area contributed by atoms with Crippen LogP contribution in [0.4, 0.5) is 5.82 Å². The second-order valence-corrected chi connectivity index (χ2v) is 12.0. The molecular weight excluding hydrogens is 470 g/mol. The highest BCUT2D eigenvalue weighted by Crippen LogP contribution is 2.61. The fraction of sp³-hybridized carbons (Fsp3) is 0.385. The highest BCUT2D eigenvalue weighted by molar-refractivity contribution is 7.90. The Hall–Kier alpha value is -2.64. The van der Waals surface area contributed by atoms with Crippen molar-refractivity contribution in [1.82, 2.24) is 9.78 Å². The molecule has 2 unspecified atom stereocenters. The zero-order valence-electron chi connectivity index (χ0n) is 19.1. The summed E-state index contributed by atoms with van der Waals surface area (Å²) in [5.41, 5.74) is 1.20. The number of hydrogen-bond donors (Lipinski definition) is 1. The molecule has 8 heteroatoms. The molecule has 0 aliphatic heterocycles. The number of halogens is 1. The van der Waals surface area contributed by atoms with Crippen LogP contribution in [0.1, 0.15) is 43.2 Å². The lowest BCUT2D eigenvalue weighted by atomic mass is 9.86. The summed E-state index contributed by atoms with van der Waals surface area (Å²) in [7, 11) is -3.44. The molecule has 2 fully saturated rings. The minimum Gasteiger partial charge on any atom is -0.308 e. The molecule has 0 spiro atoms. The van der Waals surface area contributed by atoms with Crippen LogP contribution >= 0.6 is 11.6 Å². The van der Waals surface area contributed by atoms with Crippen LogP contribution in [0.5, 0.6) is 0 Å². The number of benzene rings is 2. The van der Waals surface area contributed by atoms with Gasteiger partial charge in [0.25, 0.3) is 0 Å². The highest BCUT2D eigenvalue weighted by atomic mass is 35.5. The van der Waals surface area contributed by atoms with Crippen molar-refractivity contribution in [2.75, 3.05) is 11.6 Å². The fourth-order valence-electron chi connectivity index (χ4n) is 5.53. The normalized spacial score (nSPS) is 22.6. The lowest BCUT2D eigenvalue weighted by Crippen LogP contribution is -2.31. The molecule has 5 rings (SSSR count). The van der Waals surface area contributed by atoms with Crippen LogP contribution in [0.25, 0.3) is 0 Å². The predicted octanol–water partition coefficient (Wildman–Crippen LogP) is 5.07. The van der Waals surface area contributed by atoms with E-state index in [9.17, 15) is 13.2 Å². The first kappa shape index (κ1) is 23.1. The summed E-state index contributed by atoms with van der Waals surface area (Å²) in [4.78, 5) is 13.8. The van der Waals surface area contributed by atoms with Gasteiger partial charge < -0.3 is 5.32 Å². The van der Waals surface area contributed by atoms with Gasteiger partial charge in [-0.3, -0.25) is 9.48 Å². The smallest absolute Gasteiger partial charge is 0.236 e. The van der Waals surface area contributed by atoms with Crippen molar-refractivity contribution in [3.05, 3.63) is 76.9 Å². The predicted molar refractivity (Wildman–Crippen MR) is 133 cm³/mol. The average Bonchev–Trinajstić information content (AvgIpc) is 3.10. The van der Waals surface area contributed by atoms with Crippen molar-refractivity contribution in [2.24, 2.45) is 11.8 Å². The maximum Gasteiger partial charge on any atom is 0.236 e. The number of nitrogens with one attached hydrogen (secondary N) is 1. The quantitative estimate of drug-likeness (QED) is 0.494. The monoisotopic (exact) mass is 497 g/mol. The molecule has 2 atom stereocenters. The van der Waals surface area contributed by atoms with Crippen LogP contribution in [0, 0.1) is 11.8 Å². The first-order chi connectivity index (χ1) is 16.3. The molecule has 6 nitrogen and oxygen atoms in total. The minimum atomic E-state index is -3.44. The van der Waals surface area contributed by atoms with E-state index in [1.165, 1.54) is 18.9 Å². The summed E-state index contributed by atoms with van der Waals surface area (Å²) in [5.74, 6) is 1.13. The molecule has 2 aliphatic carbocycles. The van der Waals surface area contributed by atoms with Crippen LogP contribution in [-0.4, -0.2) is 30.4 Å². The van der Waals surface area contributed by atoms with Crippen molar-refractivity contribution < 1.29 is 13.2 Å². The van der Waals surface area contributed by atoms with Gasteiger partial charge in [-0.1, -0.05) is 73.7 Å². The summed E-state index contributed by atoms with van der Waals surface area (Å²) >= 11 is 6.37. The third-order valence-corrected chi connectivity index (χ3v) is 8.88. The largest absolute Gasteiger partial charge is 0.308 e. The number of nitrogens with zero attached hydrogens (tertiary/aromatic N) is 2. The first-order valence-electron chi connectivity index (χ1n) is 11.7. The molecule has 0 radical (unpaired) electrons. The Morgan fingerprint density at radius 3 is 2.56 bits per heavy atom. The van der Waals surface area contributed by atoms with Crippen LogP contribution in [0.3, 0.4) is 0 Å². The second-order valence-electron chi connectivity index (χ2n) is 9.58. The van der Waals surface area contributed by atoms with Gasteiger partial charge in [0.1, 0.15) is 0 Å². The third kappa shape index (κ3) is 4.39. The molecule has 3 aromatic rings. The topological polar surface area (TPSA) is 81.1 Å². The van der Waals surface area contributed by atoms with E-state index in [0.717, 1.165) is 36.6 Å². The van der Waals surface area contributed by atoms with Gasteiger partial charge in [0.05, 0.1) is 21.9 Å². The van der Waals surface area contributed by atoms with E-state index in [2.05, 4.69) is 10.4 Å². The van der Waals surface area contributed by atoms with Gasteiger partial charge >= 0.3 is 0 Å². The fourth-order valence-corrected chi connectivity index (χ4v) is 6.86. The van der Waals surface area contributed by atoms with E-state index in [0.29, 0.717) is 18.3 Å². The molecule has 2 aliphatic rings. The van der Waals surface area contributed by atoms with Crippen molar-refractivity contribution in [3.63, 3.8) is 0 Å². The number of hydrogen-bond acceptors (Lipinski definition) is 4. The van der Waals surface area contributed by atoms with Crippen LogP contribution < -0.4 is 5.32 Å². The minimum absolute atomic E-state index is 0.0891. The Balaban J connectivity index is 1.41. The number of anilines is 1. The zero-order chi connectivity index (χ0) is 23.9. The molecule has 1 aromatic heterocycles. The van der Waals surface area contributed by atoms with Crippen molar-refractivity contribution >= 4 is 33.2 Å². The van der Waals surface area contributed by atoms with Crippen LogP contribution in [0.2, 0.25) is 5.02 Å². The molecule has 1 N–H and O–H groups in total. The maximum atomic E-state index is 13.7. The van der Waals surface area contributed by atoms with E-state index in [1.54, 1.807) is 22.9 Å². The lowest BCUT2D eigenvalue weighted by Gasteiger charge is -2.21. The molecule has 0 saturated heterocycles. The molecule has 34 heavy (non-hydrogen) atoms. The Kier molecular flexibility index (Phi) is 6.02. The maximum absolute atomic E-state index is 13.7. The zero-order valence-corrected chi connectivity index (χ0v) is 20.6. The van der Waals surface area contributed by atoms with Gasteiger partial charge in [0, 0.05) is 18.5 Å². The summed E-state index contributed by atoms with van der Waals surface area (Å²) in [6.45, 7) is 0.620. The van der Waals surface area contributed by atoms with Gasteiger partial charge in [0.15, 0.2) is 15.7 Å². The molecular formula is C26H28ClN3O3S. The molecule has 0 bridgehead atoms. The Morgan fingerprint density at radius 1 is 1.15 bits per heavy atom. The van der Waals surface area contributed by atoms with E-state index >= 15 is 0 Å². The molecule has 1 heterocycles. The second kappa shape index (κ2) is 8.86. The third-order valence-electron chi connectivity index (χ3n) is 7.30. The van der Waals surface area contributed by atoms with Crippen molar-refractivity contribution in [2.45, 2.75) is 49.0 Å². The van der Waals surface area contributed by atoms with Crippen molar-refractivity contribution in [3.8, 4) is 0 Å². The highest BCUT2D eigenvalue weighted by Gasteiger charge is 2.63. The number of carbonyl (C=O) groups is 1. The van der Waals surface area contributed by atoms with Crippen LogP contribution in [-0.2, 0) is 26.6 Å². The van der Waals surface area contributed by atoms with Crippen molar-refractivity contribution in [1.29, 1.82) is 0 Å². The Labute approximate surface area is 205 Å². The van der Waals surface area contributed by atoms with Gasteiger partial charge in [0.2, 0.25) is 5.91 Å². The number of carbonyl (C=O) groups excluding carboxylic acids is 1.